The first-order valence-electron chi connectivity index (χ1n) is 6.99. The number of rotatable bonds is 6. The van der Waals surface area contributed by atoms with E-state index in [1.807, 2.05) is 56.3 Å². The zero-order chi connectivity index (χ0) is 15.2. The van der Waals surface area contributed by atoms with Crippen molar-refractivity contribution < 1.29 is 4.79 Å². The lowest BCUT2D eigenvalue weighted by Gasteiger charge is -2.26. The summed E-state index contributed by atoms with van der Waals surface area (Å²) in [7, 11) is 3.80. The van der Waals surface area contributed by atoms with Crippen LogP contribution in [0.1, 0.15) is 24.4 Å². The van der Waals surface area contributed by atoms with Gasteiger partial charge in [0.15, 0.2) is 5.82 Å². The van der Waals surface area contributed by atoms with Crippen LogP contribution in [-0.2, 0) is 18.4 Å². The lowest BCUT2D eigenvalue weighted by molar-refractivity contribution is -0.126. The number of amides is 1. The smallest absolute Gasteiger partial charge is 0.242 e. The van der Waals surface area contributed by atoms with E-state index in [4.69, 9.17) is 0 Å². The number of carbonyl (C=O) groups excluding carboxylic acids is 1. The average molecular weight is 287 g/mol. The summed E-state index contributed by atoms with van der Waals surface area (Å²) in [5, 5.41) is 10.7. The molecule has 0 spiro atoms. The second kappa shape index (κ2) is 6.99. The Labute approximate surface area is 124 Å². The van der Waals surface area contributed by atoms with E-state index in [9.17, 15) is 4.79 Å². The third kappa shape index (κ3) is 3.66. The van der Waals surface area contributed by atoms with Gasteiger partial charge in [0.2, 0.25) is 5.91 Å². The molecule has 0 aliphatic carbocycles. The fourth-order valence-corrected chi connectivity index (χ4v) is 2.15. The number of benzene rings is 1. The van der Waals surface area contributed by atoms with E-state index in [0.717, 1.165) is 17.9 Å². The first-order valence-corrected chi connectivity index (χ1v) is 6.99. The van der Waals surface area contributed by atoms with Gasteiger partial charge in [0, 0.05) is 7.05 Å². The van der Waals surface area contributed by atoms with Crippen LogP contribution in [0.15, 0.2) is 36.7 Å². The van der Waals surface area contributed by atoms with Crippen molar-refractivity contribution in [3.05, 3.63) is 48.0 Å². The highest BCUT2D eigenvalue weighted by Crippen LogP contribution is 2.19. The van der Waals surface area contributed by atoms with Gasteiger partial charge in [-0.15, -0.1) is 10.2 Å². The number of hydrogen-bond acceptors (Lipinski definition) is 4. The fraction of sp³-hybridized carbons (Fsp3) is 0.400. The standard InChI is InChI=1S/C15H21N5O/c1-4-19(2)14(12-8-6-5-7-9-12)15(21)16-10-13-18-17-11-20(13)3/h5-9,11,14H,4,10H2,1-3H3,(H,16,21). The molecule has 2 aromatic rings. The van der Waals surface area contributed by atoms with Gasteiger partial charge in [0.25, 0.3) is 0 Å². The molecule has 1 aromatic heterocycles. The summed E-state index contributed by atoms with van der Waals surface area (Å²) in [5.74, 6) is 0.697. The summed E-state index contributed by atoms with van der Waals surface area (Å²) in [6.07, 6.45) is 1.62. The second-order valence-electron chi connectivity index (χ2n) is 4.96. The maximum absolute atomic E-state index is 12.5. The van der Waals surface area contributed by atoms with Crippen LogP contribution in [0.25, 0.3) is 0 Å². The zero-order valence-corrected chi connectivity index (χ0v) is 12.7. The number of aryl methyl sites for hydroxylation is 1. The molecule has 0 aliphatic rings. The van der Waals surface area contributed by atoms with Gasteiger partial charge in [-0.2, -0.15) is 0 Å². The molecule has 1 heterocycles. The van der Waals surface area contributed by atoms with Crippen LogP contribution in [0.3, 0.4) is 0 Å². The third-order valence-corrected chi connectivity index (χ3v) is 3.53. The van der Waals surface area contributed by atoms with Gasteiger partial charge < -0.3 is 9.88 Å². The fourth-order valence-electron chi connectivity index (χ4n) is 2.15. The minimum absolute atomic E-state index is 0.0337. The van der Waals surface area contributed by atoms with Crippen LogP contribution in [0.5, 0.6) is 0 Å². The van der Waals surface area contributed by atoms with Crippen LogP contribution in [-0.4, -0.2) is 39.2 Å². The second-order valence-corrected chi connectivity index (χ2v) is 4.96. The lowest BCUT2D eigenvalue weighted by Crippen LogP contribution is -2.38. The van der Waals surface area contributed by atoms with Crippen LogP contribution in [0.2, 0.25) is 0 Å². The molecule has 1 aromatic carbocycles. The predicted octanol–water partition coefficient (Wildman–Crippen LogP) is 1.12. The minimum atomic E-state index is -0.301. The molecule has 6 heteroatoms. The maximum atomic E-state index is 12.5. The summed E-state index contributed by atoms with van der Waals surface area (Å²) in [6, 6.07) is 9.48. The Bertz CT molecular complexity index is 581. The van der Waals surface area contributed by atoms with Gasteiger partial charge >= 0.3 is 0 Å². The summed E-state index contributed by atoms with van der Waals surface area (Å²) in [4.78, 5) is 14.6. The number of nitrogens with zero attached hydrogens (tertiary/aromatic N) is 4. The first kappa shape index (κ1) is 15.2. The quantitative estimate of drug-likeness (QED) is 0.865. The highest BCUT2D eigenvalue weighted by atomic mass is 16.2. The zero-order valence-electron chi connectivity index (χ0n) is 12.7. The van der Waals surface area contributed by atoms with Crippen molar-refractivity contribution in [2.75, 3.05) is 13.6 Å². The average Bonchev–Trinajstić information content (AvgIpc) is 2.91. The largest absolute Gasteiger partial charge is 0.347 e. The van der Waals surface area contributed by atoms with E-state index in [1.165, 1.54) is 0 Å². The molecule has 1 amide bonds. The monoisotopic (exact) mass is 287 g/mol. The van der Waals surface area contributed by atoms with E-state index < -0.39 is 0 Å². The van der Waals surface area contributed by atoms with Crippen molar-refractivity contribution in [3.8, 4) is 0 Å². The van der Waals surface area contributed by atoms with Crippen LogP contribution >= 0.6 is 0 Å². The van der Waals surface area contributed by atoms with Crippen LogP contribution in [0.4, 0.5) is 0 Å². The molecule has 2 rings (SSSR count). The van der Waals surface area contributed by atoms with Gasteiger partial charge in [-0.1, -0.05) is 37.3 Å². The molecule has 0 radical (unpaired) electrons. The highest BCUT2D eigenvalue weighted by molar-refractivity contribution is 5.83. The van der Waals surface area contributed by atoms with E-state index >= 15 is 0 Å². The normalized spacial score (nSPS) is 12.4. The molecule has 0 fully saturated rings. The Morgan fingerprint density at radius 1 is 1.38 bits per heavy atom. The molecule has 1 atom stereocenters. The lowest BCUT2D eigenvalue weighted by atomic mass is 10.0. The van der Waals surface area contributed by atoms with Crippen molar-refractivity contribution in [2.45, 2.75) is 19.5 Å². The number of nitrogens with one attached hydrogen (secondary N) is 1. The molecular formula is C15H21N5O. The Kier molecular flexibility index (Phi) is 5.05. The summed E-state index contributed by atoms with van der Waals surface area (Å²) < 4.78 is 1.79. The van der Waals surface area contributed by atoms with Gasteiger partial charge in [0.1, 0.15) is 12.4 Å². The summed E-state index contributed by atoms with van der Waals surface area (Å²) in [5.41, 5.74) is 0.984. The molecule has 1 unspecified atom stereocenters. The third-order valence-electron chi connectivity index (χ3n) is 3.53. The SMILES string of the molecule is CCN(C)C(C(=O)NCc1nncn1C)c1ccccc1. The maximum Gasteiger partial charge on any atom is 0.242 e. The molecule has 0 saturated carbocycles. The number of hydrogen-bond donors (Lipinski definition) is 1. The van der Waals surface area contributed by atoms with E-state index in [2.05, 4.69) is 15.5 Å². The molecular weight excluding hydrogens is 266 g/mol. The number of aromatic nitrogens is 3. The van der Waals surface area contributed by atoms with E-state index in [-0.39, 0.29) is 11.9 Å². The molecule has 1 N–H and O–H groups in total. The van der Waals surface area contributed by atoms with Gasteiger partial charge in [-0.25, -0.2) is 0 Å². The molecule has 21 heavy (non-hydrogen) atoms. The van der Waals surface area contributed by atoms with Crippen molar-refractivity contribution in [1.29, 1.82) is 0 Å². The van der Waals surface area contributed by atoms with E-state index in [1.54, 1.807) is 10.9 Å². The topological polar surface area (TPSA) is 63.1 Å². The van der Waals surface area contributed by atoms with Crippen molar-refractivity contribution in [2.24, 2.45) is 7.05 Å². The molecule has 6 nitrogen and oxygen atoms in total. The molecule has 0 aliphatic heterocycles. The van der Waals surface area contributed by atoms with Crippen molar-refractivity contribution in [3.63, 3.8) is 0 Å². The van der Waals surface area contributed by atoms with Crippen LogP contribution in [0, 0.1) is 0 Å². The van der Waals surface area contributed by atoms with Crippen molar-refractivity contribution >= 4 is 5.91 Å². The van der Waals surface area contributed by atoms with E-state index in [0.29, 0.717) is 6.54 Å². The van der Waals surface area contributed by atoms with Gasteiger partial charge in [-0.05, 0) is 19.2 Å². The van der Waals surface area contributed by atoms with Crippen LogP contribution < -0.4 is 5.32 Å². The minimum Gasteiger partial charge on any atom is -0.347 e. The van der Waals surface area contributed by atoms with Gasteiger partial charge in [0.05, 0.1) is 6.54 Å². The summed E-state index contributed by atoms with van der Waals surface area (Å²) >= 11 is 0. The molecule has 112 valence electrons. The number of carbonyl (C=O) groups is 1. The van der Waals surface area contributed by atoms with Gasteiger partial charge in [-0.3, -0.25) is 9.69 Å². The highest BCUT2D eigenvalue weighted by Gasteiger charge is 2.24. The number of likely N-dealkylation sites (N-methyl/N-ethyl adjacent to an activating group) is 1. The Morgan fingerprint density at radius 2 is 2.10 bits per heavy atom. The Hall–Kier alpha value is -2.21. The summed E-state index contributed by atoms with van der Waals surface area (Å²) in [6.45, 7) is 3.19. The Balaban J connectivity index is 2.10. The Morgan fingerprint density at radius 3 is 2.67 bits per heavy atom. The molecule has 0 saturated heterocycles. The first-order chi connectivity index (χ1) is 10.1. The molecule has 0 bridgehead atoms. The predicted molar refractivity (Wildman–Crippen MR) is 80.3 cm³/mol. The van der Waals surface area contributed by atoms with Crippen molar-refractivity contribution in [1.82, 2.24) is 25.0 Å².